The van der Waals surface area contributed by atoms with E-state index in [0.29, 0.717) is 11.1 Å². The molecular formula is C17H11N3O2. The molecule has 0 radical (unpaired) electrons. The zero-order valence-corrected chi connectivity index (χ0v) is 11.5. The van der Waals surface area contributed by atoms with Crippen molar-refractivity contribution < 1.29 is 9.59 Å². The Morgan fingerprint density at radius 1 is 1.00 bits per heavy atom. The van der Waals surface area contributed by atoms with Gasteiger partial charge in [0.15, 0.2) is 0 Å². The number of para-hydroxylation sites is 1. The largest absolute Gasteiger partial charge is 0.375 e. The van der Waals surface area contributed by atoms with Crippen LogP contribution >= 0.6 is 0 Å². The quantitative estimate of drug-likeness (QED) is 0.725. The van der Waals surface area contributed by atoms with Crippen molar-refractivity contribution in [1.29, 1.82) is 0 Å². The summed E-state index contributed by atoms with van der Waals surface area (Å²) in [6.45, 7) is 0. The van der Waals surface area contributed by atoms with Gasteiger partial charge in [0.05, 0.1) is 17.3 Å². The van der Waals surface area contributed by atoms with Crippen molar-refractivity contribution in [3.8, 4) is 0 Å². The number of nitrogens with one attached hydrogen (secondary N) is 2. The number of amides is 2. The highest BCUT2D eigenvalue weighted by Crippen LogP contribution is 2.54. The summed E-state index contributed by atoms with van der Waals surface area (Å²) in [5.74, 6) is -0.778. The van der Waals surface area contributed by atoms with Gasteiger partial charge in [-0.05, 0) is 17.7 Å². The van der Waals surface area contributed by atoms with E-state index in [0.717, 1.165) is 22.5 Å². The Morgan fingerprint density at radius 3 is 2.77 bits per heavy atom. The number of hydrogen-bond donors (Lipinski definition) is 2. The summed E-state index contributed by atoms with van der Waals surface area (Å²) in [5, 5.41) is 5.89. The Labute approximate surface area is 126 Å². The molecule has 3 heterocycles. The molecule has 2 atom stereocenters. The lowest BCUT2D eigenvalue weighted by Crippen LogP contribution is -2.25. The van der Waals surface area contributed by atoms with Crippen LogP contribution in [0.4, 0.5) is 5.69 Å². The molecular weight excluding hydrogens is 278 g/mol. The third kappa shape index (κ3) is 1.26. The predicted octanol–water partition coefficient (Wildman–Crippen LogP) is 1.76. The molecule has 5 rings (SSSR count). The third-order valence-electron chi connectivity index (χ3n) is 4.62. The van der Waals surface area contributed by atoms with Crippen molar-refractivity contribution in [2.24, 2.45) is 0 Å². The van der Waals surface area contributed by atoms with E-state index in [9.17, 15) is 9.59 Å². The molecule has 0 saturated heterocycles. The molecule has 1 aromatic carbocycles. The first kappa shape index (κ1) is 11.7. The molecule has 2 unspecified atom stereocenters. The van der Waals surface area contributed by atoms with E-state index >= 15 is 0 Å². The van der Waals surface area contributed by atoms with E-state index < -0.39 is 0 Å². The van der Waals surface area contributed by atoms with E-state index in [1.54, 1.807) is 12.3 Å². The molecule has 2 aromatic rings. The van der Waals surface area contributed by atoms with E-state index in [-0.39, 0.29) is 23.8 Å². The molecule has 106 valence electrons. The number of fused-ring (bicyclic) bond motifs is 7. The van der Waals surface area contributed by atoms with Crippen LogP contribution in [0.3, 0.4) is 0 Å². The average Bonchev–Trinajstić information content (AvgIpc) is 3.05. The average molecular weight is 289 g/mol. The van der Waals surface area contributed by atoms with Crippen molar-refractivity contribution in [2.75, 3.05) is 5.32 Å². The van der Waals surface area contributed by atoms with E-state index in [2.05, 4.69) is 15.6 Å². The molecule has 3 aliphatic rings. The number of anilines is 1. The van der Waals surface area contributed by atoms with Gasteiger partial charge in [0.2, 0.25) is 0 Å². The van der Waals surface area contributed by atoms with Crippen LogP contribution in [-0.4, -0.2) is 16.8 Å². The number of nitrogens with zero attached hydrogens (tertiary/aromatic N) is 1. The van der Waals surface area contributed by atoms with Gasteiger partial charge in [-0.1, -0.05) is 24.3 Å². The maximum Gasteiger partial charge on any atom is 0.259 e. The summed E-state index contributed by atoms with van der Waals surface area (Å²) >= 11 is 0. The highest BCUT2D eigenvalue weighted by atomic mass is 16.2. The Hall–Kier alpha value is -2.95. The van der Waals surface area contributed by atoms with Crippen molar-refractivity contribution in [2.45, 2.75) is 12.0 Å². The number of benzene rings is 1. The van der Waals surface area contributed by atoms with E-state index in [1.807, 2.05) is 30.3 Å². The molecule has 0 spiro atoms. The first-order valence-corrected chi connectivity index (χ1v) is 7.16. The van der Waals surface area contributed by atoms with Crippen LogP contribution in [0.2, 0.25) is 0 Å². The van der Waals surface area contributed by atoms with Crippen molar-refractivity contribution in [3.63, 3.8) is 0 Å². The minimum Gasteiger partial charge on any atom is -0.375 e. The van der Waals surface area contributed by atoms with Crippen LogP contribution in [0.5, 0.6) is 0 Å². The minimum absolute atomic E-state index is 0.107. The van der Waals surface area contributed by atoms with E-state index in [1.165, 1.54) is 0 Å². The van der Waals surface area contributed by atoms with Crippen LogP contribution in [0, 0.1) is 0 Å². The third-order valence-corrected chi connectivity index (χ3v) is 4.62. The number of hydrogen-bond acceptors (Lipinski definition) is 4. The molecule has 1 aliphatic carbocycles. The second-order valence-electron chi connectivity index (χ2n) is 5.70. The summed E-state index contributed by atoms with van der Waals surface area (Å²) in [4.78, 5) is 29.1. The molecule has 0 fully saturated rings. The first-order chi connectivity index (χ1) is 10.8. The lowest BCUT2D eigenvalue weighted by molar-refractivity contribution is -0.123. The Kier molecular flexibility index (Phi) is 2.03. The van der Waals surface area contributed by atoms with Crippen LogP contribution in [0.1, 0.15) is 28.8 Å². The van der Waals surface area contributed by atoms with Crippen LogP contribution in [0.15, 0.2) is 48.2 Å². The molecule has 2 amide bonds. The topological polar surface area (TPSA) is 71.1 Å². The molecule has 1 aromatic heterocycles. The van der Waals surface area contributed by atoms with Gasteiger partial charge in [-0.25, -0.2) is 0 Å². The second kappa shape index (κ2) is 3.82. The first-order valence-electron chi connectivity index (χ1n) is 7.16. The van der Waals surface area contributed by atoms with Crippen LogP contribution in [0.25, 0.3) is 5.57 Å². The standard InChI is InChI=1S/C17H11N3O2/c21-16-12-9-5-3-7-18-14(9)15-11(13(12)17(22)20-16)8-4-1-2-6-10(8)19-15/h1-7,11,15,19H,(H,20,21,22). The van der Waals surface area contributed by atoms with Crippen molar-refractivity contribution in [3.05, 3.63) is 65.0 Å². The summed E-state index contributed by atoms with van der Waals surface area (Å²) in [7, 11) is 0. The SMILES string of the molecule is O=C1NC(=O)C2=C1c1cccnc1C1Nc3ccccc3C21. The fraction of sp³-hybridized carbons (Fsp3) is 0.118. The molecule has 0 saturated carbocycles. The van der Waals surface area contributed by atoms with E-state index in [4.69, 9.17) is 0 Å². The Bertz CT molecular complexity index is 900. The zero-order valence-electron chi connectivity index (χ0n) is 11.5. The zero-order chi connectivity index (χ0) is 14.8. The minimum atomic E-state index is -0.322. The number of rotatable bonds is 0. The maximum atomic E-state index is 12.3. The highest BCUT2D eigenvalue weighted by molar-refractivity contribution is 6.37. The number of carbonyl (C=O) groups is 2. The van der Waals surface area contributed by atoms with Crippen LogP contribution in [-0.2, 0) is 9.59 Å². The molecule has 2 N–H and O–H groups in total. The molecule has 2 aliphatic heterocycles. The molecule has 5 nitrogen and oxygen atoms in total. The number of pyridine rings is 1. The normalized spacial score (nSPS) is 24.2. The van der Waals surface area contributed by atoms with Gasteiger partial charge in [0.25, 0.3) is 11.8 Å². The summed E-state index contributed by atoms with van der Waals surface area (Å²) < 4.78 is 0. The maximum absolute atomic E-state index is 12.3. The summed E-state index contributed by atoms with van der Waals surface area (Å²) in [6.07, 6.45) is 1.72. The second-order valence-corrected chi connectivity index (χ2v) is 5.70. The lowest BCUT2D eigenvalue weighted by Gasteiger charge is -2.27. The van der Waals surface area contributed by atoms with Gasteiger partial charge in [0, 0.05) is 28.9 Å². The van der Waals surface area contributed by atoms with Gasteiger partial charge in [-0.2, -0.15) is 0 Å². The van der Waals surface area contributed by atoms with Gasteiger partial charge < -0.3 is 5.32 Å². The number of carbonyl (C=O) groups excluding carboxylic acids is 2. The van der Waals surface area contributed by atoms with Gasteiger partial charge in [-0.15, -0.1) is 0 Å². The van der Waals surface area contributed by atoms with Gasteiger partial charge >= 0.3 is 0 Å². The Balaban J connectivity index is 1.86. The Morgan fingerprint density at radius 2 is 1.86 bits per heavy atom. The van der Waals surface area contributed by atoms with Crippen LogP contribution < -0.4 is 10.6 Å². The fourth-order valence-corrected chi connectivity index (χ4v) is 3.79. The highest BCUT2D eigenvalue weighted by Gasteiger charge is 2.49. The monoisotopic (exact) mass is 289 g/mol. The smallest absolute Gasteiger partial charge is 0.259 e. The molecule has 5 heteroatoms. The fourth-order valence-electron chi connectivity index (χ4n) is 3.79. The summed E-state index contributed by atoms with van der Waals surface area (Å²) in [5.41, 5.74) is 4.66. The van der Waals surface area contributed by atoms with Crippen molar-refractivity contribution >= 4 is 23.1 Å². The van der Waals surface area contributed by atoms with Gasteiger partial charge in [-0.3, -0.25) is 19.9 Å². The summed E-state index contributed by atoms with van der Waals surface area (Å²) in [6, 6.07) is 11.4. The number of aromatic nitrogens is 1. The predicted molar refractivity (Wildman–Crippen MR) is 79.9 cm³/mol. The molecule has 0 bridgehead atoms. The van der Waals surface area contributed by atoms with Crippen molar-refractivity contribution in [1.82, 2.24) is 10.3 Å². The lowest BCUT2D eigenvalue weighted by atomic mass is 9.77. The molecule has 22 heavy (non-hydrogen) atoms. The number of imide groups is 1. The van der Waals surface area contributed by atoms with Gasteiger partial charge in [0.1, 0.15) is 0 Å².